The molecule has 1 N–H and O–H groups in total. The number of hydrogen-bond acceptors (Lipinski definition) is 9. The van der Waals surface area contributed by atoms with Crippen LogP contribution in [0.15, 0.2) is 78.0 Å². The molecule has 1 unspecified atom stereocenters. The van der Waals surface area contributed by atoms with Crippen molar-refractivity contribution in [3.63, 3.8) is 0 Å². The van der Waals surface area contributed by atoms with Gasteiger partial charge in [0.05, 0.1) is 30.6 Å². The second-order valence-electron chi connectivity index (χ2n) is 7.93. The van der Waals surface area contributed by atoms with Crippen molar-refractivity contribution in [1.29, 1.82) is 0 Å². The summed E-state index contributed by atoms with van der Waals surface area (Å²) >= 11 is 1.17. The molecule has 11 nitrogen and oxygen atoms in total. The predicted molar refractivity (Wildman–Crippen MR) is 142 cm³/mol. The first-order valence-corrected chi connectivity index (χ1v) is 12.4. The first-order chi connectivity index (χ1) is 18.4. The van der Waals surface area contributed by atoms with Crippen LogP contribution in [0.3, 0.4) is 0 Å². The largest absolute Gasteiger partial charge is 0.497 e. The smallest absolute Gasteiger partial charge is 0.271 e. The van der Waals surface area contributed by atoms with Gasteiger partial charge in [0.15, 0.2) is 17.1 Å². The molecule has 0 aliphatic carbocycles. The van der Waals surface area contributed by atoms with Gasteiger partial charge in [-0.15, -0.1) is 10.2 Å². The van der Waals surface area contributed by atoms with Gasteiger partial charge in [-0.1, -0.05) is 36.0 Å². The number of methoxy groups -OCH3 is 2. The van der Waals surface area contributed by atoms with E-state index in [1.54, 1.807) is 13.2 Å². The lowest BCUT2D eigenvalue weighted by Crippen LogP contribution is -2.16. The average molecular weight is 536 g/mol. The van der Waals surface area contributed by atoms with Crippen LogP contribution in [0.5, 0.6) is 17.2 Å². The monoisotopic (exact) mass is 535 g/mol. The first kappa shape index (κ1) is 26.5. The summed E-state index contributed by atoms with van der Waals surface area (Å²) in [5, 5.41) is 23.0. The molecule has 1 atom stereocenters. The van der Waals surface area contributed by atoms with Gasteiger partial charge in [-0.2, -0.15) is 0 Å². The Labute approximate surface area is 222 Å². The van der Waals surface area contributed by atoms with Gasteiger partial charge in [-0.05, 0) is 37.3 Å². The van der Waals surface area contributed by atoms with Crippen molar-refractivity contribution >= 4 is 29.0 Å². The molecule has 1 amide bonds. The molecule has 1 heterocycles. The summed E-state index contributed by atoms with van der Waals surface area (Å²) in [6.07, 6.45) is -0.480. The van der Waals surface area contributed by atoms with Crippen molar-refractivity contribution in [3.8, 4) is 22.9 Å². The van der Waals surface area contributed by atoms with E-state index in [0.29, 0.717) is 28.2 Å². The maximum atomic E-state index is 12.8. The molecule has 4 rings (SSSR count). The molecular weight excluding hydrogens is 510 g/mol. The number of anilines is 1. The molecule has 1 aromatic heterocycles. The standard InChI is InChI=1S/C26H25N5O6S/c1-17(37-21-11-7-10-20(15-21)35-2)25-28-29-26(30(25)18-8-5-4-6-9-18)38-16-24(32)27-22-14-19(31(33)34)12-13-23(22)36-3/h4-15,17H,16H2,1-3H3,(H,27,32). The number of amides is 1. The zero-order valence-corrected chi connectivity index (χ0v) is 21.7. The van der Waals surface area contributed by atoms with Crippen LogP contribution in [0.25, 0.3) is 5.69 Å². The normalized spacial score (nSPS) is 11.4. The molecule has 38 heavy (non-hydrogen) atoms. The van der Waals surface area contributed by atoms with Crippen LogP contribution in [0.1, 0.15) is 18.9 Å². The lowest BCUT2D eigenvalue weighted by Gasteiger charge is -2.17. The van der Waals surface area contributed by atoms with E-state index < -0.39 is 16.9 Å². The average Bonchev–Trinajstić information content (AvgIpc) is 3.36. The molecule has 4 aromatic rings. The SMILES string of the molecule is COc1cccc(OC(C)c2nnc(SCC(=O)Nc3cc([N+](=O)[O-])ccc3OC)n2-c2ccccc2)c1. The van der Waals surface area contributed by atoms with Gasteiger partial charge in [-0.3, -0.25) is 19.5 Å². The van der Waals surface area contributed by atoms with Gasteiger partial charge in [0.25, 0.3) is 5.69 Å². The number of rotatable bonds is 11. The van der Waals surface area contributed by atoms with Gasteiger partial charge in [0.1, 0.15) is 17.2 Å². The highest BCUT2D eigenvalue weighted by molar-refractivity contribution is 7.99. The fraction of sp³-hybridized carbons (Fsp3) is 0.192. The second kappa shape index (κ2) is 12.1. The highest BCUT2D eigenvalue weighted by Gasteiger charge is 2.22. The Morgan fingerprint density at radius 3 is 2.50 bits per heavy atom. The number of non-ortho nitro benzene ring substituents is 1. The van der Waals surface area contributed by atoms with Gasteiger partial charge >= 0.3 is 0 Å². The molecule has 0 saturated heterocycles. The number of carbonyl (C=O) groups excluding carboxylic acids is 1. The quantitative estimate of drug-likeness (QED) is 0.159. The van der Waals surface area contributed by atoms with Crippen LogP contribution >= 0.6 is 11.8 Å². The van der Waals surface area contributed by atoms with Crippen LogP contribution in [0.4, 0.5) is 11.4 Å². The van der Waals surface area contributed by atoms with Crippen LogP contribution < -0.4 is 19.5 Å². The van der Waals surface area contributed by atoms with Crippen molar-refractivity contribution in [2.24, 2.45) is 0 Å². The Hall–Kier alpha value is -4.58. The van der Waals surface area contributed by atoms with Crippen LogP contribution in [-0.4, -0.2) is 45.6 Å². The van der Waals surface area contributed by atoms with Gasteiger partial charge in [0.2, 0.25) is 5.91 Å². The number of para-hydroxylation sites is 1. The number of ether oxygens (including phenoxy) is 3. The molecule has 0 saturated carbocycles. The first-order valence-electron chi connectivity index (χ1n) is 11.5. The van der Waals surface area contributed by atoms with E-state index in [9.17, 15) is 14.9 Å². The molecule has 12 heteroatoms. The van der Waals surface area contributed by atoms with Crippen LogP contribution in [0, 0.1) is 10.1 Å². The highest BCUT2D eigenvalue weighted by atomic mass is 32.2. The minimum Gasteiger partial charge on any atom is -0.497 e. The number of aromatic nitrogens is 3. The topological polar surface area (TPSA) is 131 Å². The predicted octanol–water partition coefficient (Wildman–Crippen LogP) is 5.06. The molecule has 0 spiro atoms. The van der Waals surface area contributed by atoms with Crippen LogP contribution in [0.2, 0.25) is 0 Å². The number of hydrogen-bond donors (Lipinski definition) is 1. The van der Waals surface area contributed by atoms with Gasteiger partial charge in [0, 0.05) is 23.9 Å². The molecule has 0 aliphatic rings. The zero-order chi connectivity index (χ0) is 27.1. The third-order valence-corrected chi connectivity index (χ3v) is 6.32. The Balaban J connectivity index is 1.54. The van der Waals surface area contributed by atoms with E-state index in [1.165, 1.54) is 37.1 Å². The molecule has 0 aliphatic heterocycles. The van der Waals surface area contributed by atoms with Crippen LogP contribution in [-0.2, 0) is 4.79 Å². The molecule has 3 aromatic carbocycles. The number of nitro benzene ring substituents is 1. The Bertz CT molecular complexity index is 1430. The number of thioether (sulfide) groups is 1. The maximum absolute atomic E-state index is 12.8. The Kier molecular flexibility index (Phi) is 8.44. The fourth-order valence-electron chi connectivity index (χ4n) is 3.61. The van der Waals surface area contributed by atoms with E-state index in [2.05, 4.69) is 15.5 Å². The van der Waals surface area contributed by atoms with Crippen molar-refractivity contribution in [1.82, 2.24) is 14.8 Å². The van der Waals surface area contributed by atoms with Gasteiger partial charge < -0.3 is 19.5 Å². The summed E-state index contributed by atoms with van der Waals surface area (Å²) in [6.45, 7) is 1.86. The Morgan fingerprint density at radius 1 is 1.03 bits per heavy atom. The summed E-state index contributed by atoms with van der Waals surface area (Å²) in [5.41, 5.74) is 0.849. The van der Waals surface area contributed by atoms with E-state index in [-0.39, 0.29) is 17.1 Å². The minimum atomic E-state index is -0.539. The molecule has 0 radical (unpaired) electrons. The van der Waals surface area contributed by atoms with E-state index in [1.807, 2.05) is 60.0 Å². The minimum absolute atomic E-state index is 0.0259. The lowest BCUT2D eigenvalue weighted by atomic mass is 10.2. The van der Waals surface area contributed by atoms with Crippen molar-refractivity contribution in [2.45, 2.75) is 18.2 Å². The highest BCUT2D eigenvalue weighted by Crippen LogP contribution is 2.31. The molecular formula is C26H25N5O6S. The Morgan fingerprint density at radius 2 is 1.79 bits per heavy atom. The van der Waals surface area contributed by atoms with E-state index in [4.69, 9.17) is 14.2 Å². The number of benzene rings is 3. The molecule has 0 fully saturated rings. The van der Waals surface area contributed by atoms with E-state index in [0.717, 1.165) is 5.69 Å². The maximum Gasteiger partial charge on any atom is 0.271 e. The zero-order valence-electron chi connectivity index (χ0n) is 20.9. The third-order valence-electron chi connectivity index (χ3n) is 5.39. The van der Waals surface area contributed by atoms with Crippen molar-refractivity contribution in [3.05, 3.63) is 88.7 Å². The van der Waals surface area contributed by atoms with Gasteiger partial charge in [-0.25, -0.2) is 0 Å². The molecule has 196 valence electrons. The number of nitro groups is 1. The number of nitrogens with zero attached hydrogens (tertiary/aromatic N) is 4. The summed E-state index contributed by atoms with van der Waals surface area (Å²) in [5.74, 6) is 1.72. The second-order valence-corrected chi connectivity index (χ2v) is 8.87. The summed E-state index contributed by atoms with van der Waals surface area (Å²) in [7, 11) is 3.01. The lowest BCUT2D eigenvalue weighted by molar-refractivity contribution is -0.384. The molecule has 0 bridgehead atoms. The third kappa shape index (κ3) is 6.21. The van der Waals surface area contributed by atoms with E-state index >= 15 is 0 Å². The van der Waals surface area contributed by atoms with Crippen molar-refractivity contribution < 1.29 is 23.9 Å². The number of carbonyl (C=O) groups is 1. The van der Waals surface area contributed by atoms with Crippen molar-refractivity contribution in [2.75, 3.05) is 25.3 Å². The summed E-state index contributed by atoms with van der Waals surface area (Å²) in [4.78, 5) is 23.4. The summed E-state index contributed by atoms with van der Waals surface area (Å²) < 4.78 is 18.4. The number of nitrogens with one attached hydrogen (secondary N) is 1. The summed E-state index contributed by atoms with van der Waals surface area (Å²) in [6, 6.07) is 20.8. The fourth-order valence-corrected chi connectivity index (χ4v) is 4.37.